The number of carbonyl (C=O) groups excluding carboxylic acids is 1. The van der Waals surface area contributed by atoms with Crippen molar-refractivity contribution in [3.05, 3.63) is 53.6 Å². The summed E-state index contributed by atoms with van der Waals surface area (Å²) in [6.45, 7) is 1.62. The number of halogens is 1. The van der Waals surface area contributed by atoms with E-state index >= 15 is 0 Å². The molecule has 0 aliphatic carbocycles. The highest BCUT2D eigenvalue weighted by atomic mass is 19.1. The highest BCUT2D eigenvalue weighted by Crippen LogP contribution is 2.28. The van der Waals surface area contributed by atoms with Crippen LogP contribution >= 0.6 is 0 Å². The summed E-state index contributed by atoms with van der Waals surface area (Å²) in [5.41, 5.74) is 0.721. The zero-order valence-corrected chi connectivity index (χ0v) is 14.5. The Kier molecular flexibility index (Phi) is 4.36. The first kappa shape index (κ1) is 17.2. The molecular formula is C18H18FN5O3. The van der Waals surface area contributed by atoms with Crippen molar-refractivity contribution in [3.63, 3.8) is 0 Å². The van der Waals surface area contributed by atoms with Gasteiger partial charge < -0.3 is 20.5 Å². The lowest BCUT2D eigenvalue weighted by molar-refractivity contribution is 0.0866. The summed E-state index contributed by atoms with van der Waals surface area (Å²) < 4.78 is 21.3. The van der Waals surface area contributed by atoms with Gasteiger partial charge in [0.25, 0.3) is 5.91 Å². The smallest absolute Gasteiger partial charge is 0.260 e. The molecule has 0 saturated carbocycles. The number of hydrogen-bond acceptors (Lipinski definition) is 6. The topological polar surface area (TPSA) is 101 Å². The Morgan fingerprint density at radius 1 is 1.37 bits per heavy atom. The maximum absolute atomic E-state index is 14.2. The zero-order chi connectivity index (χ0) is 19.0. The minimum atomic E-state index is -0.912. The van der Waals surface area contributed by atoms with Crippen LogP contribution in [0.25, 0.3) is 5.65 Å². The molecule has 8 nitrogen and oxygen atoms in total. The molecule has 140 valence electrons. The van der Waals surface area contributed by atoms with Gasteiger partial charge in [0.05, 0.1) is 19.2 Å². The third-order valence-corrected chi connectivity index (χ3v) is 4.41. The number of fused-ring (bicyclic) bond motifs is 2. The van der Waals surface area contributed by atoms with E-state index < -0.39 is 18.0 Å². The van der Waals surface area contributed by atoms with Gasteiger partial charge in [0.15, 0.2) is 5.65 Å². The quantitative estimate of drug-likeness (QED) is 0.600. The summed E-state index contributed by atoms with van der Waals surface area (Å²) in [4.78, 5) is 16.8. The van der Waals surface area contributed by atoms with Crippen molar-refractivity contribution < 1.29 is 19.0 Å². The van der Waals surface area contributed by atoms with Gasteiger partial charge in [-0.3, -0.25) is 4.79 Å². The molecule has 1 aromatic carbocycles. The number of aliphatic hydroxyl groups excluding tert-OH is 1. The van der Waals surface area contributed by atoms with Crippen molar-refractivity contribution in [2.24, 2.45) is 0 Å². The Hall–Kier alpha value is -3.20. The van der Waals surface area contributed by atoms with Crippen LogP contribution in [0, 0.1) is 5.95 Å². The Bertz CT molecular complexity index is 1010. The van der Waals surface area contributed by atoms with E-state index in [-0.39, 0.29) is 30.4 Å². The third kappa shape index (κ3) is 3.17. The Balaban J connectivity index is 1.83. The number of aromatic nitrogens is 3. The second-order valence-electron chi connectivity index (χ2n) is 6.28. The lowest BCUT2D eigenvalue weighted by Crippen LogP contribution is -2.38. The molecule has 1 amide bonds. The number of carbonyl (C=O) groups is 1. The molecule has 4 rings (SSSR count). The van der Waals surface area contributed by atoms with E-state index in [2.05, 4.69) is 20.7 Å². The first-order chi connectivity index (χ1) is 13.1. The SMILES string of the molecule is CC1Nc2ccn3nc(F)c(c3n2)C(=O)NCC(CO)Oc2ccccc21. The second kappa shape index (κ2) is 6.84. The maximum Gasteiger partial charge on any atom is 0.260 e. The Morgan fingerprint density at radius 3 is 3.00 bits per heavy atom. The fraction of sp³-hybridized carbons (Fsp3) is 0.278. The normalized spacial score (nSPS) is 19.9. The van der Waals surface area contributed by atoms with Crippen LogP contribution in [0.2, 0.25) is 0 Å². The number of para-hydroxylation sites is 1. The van der Waals surface area contributed by atoms with Crippen molar-refractivity contribution in [2.45, 2.75) is 19.1 Å². The van der Waals surface area contributed by atoms with Crippen LogP contribution in [0.15, 0.2) is 36.5 Å². The van der Waals surface area contributed by atoms with Crippen molar-refractivity contribution in [1.29, 1.82) is 0 Å². The number of amides is 1. The number of aliphatic hydroxyl groups is 1. The number of rotatable bonds is 1. The zero-order valence-electron chi connectivity index (χ0n) is 14.5. The fourth-order valence-corrected chi connectivity index (χ4v) is 3.04. The second-order valence-corrected chi connectivity index (χ2v) is 6.28. The fourth-order valence-electron chi connectivity index (χ4n) is 3.04. The minimum absolute atomic E-state index is 0.00193. The maximum atomic E-state index is 14.2. The average Bonchev–Trinajstić information content (AvgIpc) is 2.99. The lowest BCUT2D eigenvalue weighted by atomic mass is 10.1. The van der Waals surface area contributed by atoms with Gasteiger partial charge in [-0.2, -0.15) is 4.39 Å². The van der Waals surface area contributed by atoms with Crippen LogP contribution in [-0.2, 0) is 0 Å². The van der Waals surface area contributed by atoms with Gasteiger partial charge in [-0.1, -0.05) is 18.2 Å². The molecule has 2 bridgehead atoms. The van der Waals surface area contributed by atoms with Crippen LogP contribution < -0.4 is 15.4 Å². The summed E-state index contributed by atoms with van der Waals surface area (Å²) in [7, 11) is 0. The molecule has 0 saturated heterocycles. The highest BCUT2D eigenvalue weighted by molar-refractivity contribution is 6.00. The molecule has 0 fully saturated rings. The molecule has 27 heavy (non-hydrogen) atoms. The van der Waals surface area contributed by atoms with Crippen LogP contribution in [0.3, 0.4) is 0 Å². The van der Waals surface area contributed by atoms with Gasteiger partial charge in [-0.25, -0.2) is 9.50 Å². The predicted octanol–water partition coefficient (Wildman–Crippen LogP) is 1.52. The largest absolute Gasteiger partial charge is 0.486 e. The van der Waals surface area contributed by atoms with Gasteiger partial charge in [-0.05, 0) is 19.1 Å². The van der Waals surface area contributed by atoms with Crippen LogP contribution in [-0.4, -0.2) is 44.9 Å². The van der Waals surface area contributed by atoms with E-state index in [1.54, 1.807) is 12.1 Å². The summed E-state index contributed by atoms with van der Waals surface area (Å²) >= 11 is 0. The van der Waals surface area contributed by atoms with Gasteiger partial charge in [0, 0.05) is 11.8 Å². The number of anilines is 1. The van der Waals surface area contributed by atoms with E-state index in [9.17, 15) is 14.3 Å². The summed E-state index contributed by atoms with van der Waals surface area (Å²) in [6.07, 6.45) is 0.851. The predicted molar refractivity (Wildman–Crippen MR) is 95.3 cm³/mol. The van der Waals surface area contributed by atoms with E-state index in [1.165, 1.54) is 10.7 Å². The Labute approximate surface area is 154 Å². The Morgan fingerprint density at radius 2 is 2.19 bits per heavy atom. The van der Waals surface area contributed by atoms with Crippen molar-refractivity contribution >= 4 is 17.4 Å². The number of benzene rings is 1. The van der Waals surface area contributed by atoms with Crippen LogP contribution in [0.4, 0.5) is 10.2 Å². The van der Waals surface area contributed by atoms with Crippen LogP contribution in [0.1, 0.15) is 28.9 Å². The highest BCUT2D eigenvalue weighted by Gasteiger charge is 2.24. The summed E-state index contributed by atoms with van der Waals surface area (Å²) in [5, 5.41) is 19.1. The molecule has 2 aromatic heterocycles. The van der Waals surface area contributed by atoms with E-state index in [4.69, 9.17) is 4.74 Å². The molecule has 2 unspecified atom stereocenters. The van der Waals surface area contributed by atoms with Gasteiger partial charge in [0.1, 0.15) is 23.2 Å². The number of ether oxygens (including phenoxy) is 1. The molecule has 1 aliphatic heterocycles. The van der Waals surface area contributed by atoms with Crippen molar-refractivity contribution in [2.75, 3.05) is 18.5 Å². The van der Waals surface area contributed by atoms with Gasteiger partial charge >= 0.3 is 0 Å². The molecule has 9 heteroatoms. The van der Waals surface area contributed by atoms with Crippen molar-refractivity contribution in [1.82, 2.24) is 19.9 Å². The number of nitrogens with one attached hydrogen (secondary N) is 2. The number of hydrogen-bond donors (Lipinski definition) is 3. The third-order valence-electron chi connectivity index (χ3n) is 4.41. The average molecular weight is 371 g/mol. The van der Waals surface area contributed by atoms with E-state index in [0.717, 1.165) is 5.56 Å². The first-order valence-corrected chi connectivity index (χ1v) is 8.53. The molecule has 1 aliphatic rings. The first-order valence-electron chi connectivity index (χ1n) is 8.53. The van der Waals surface area contributed by atoms with E-state index in [1.807, 2.05) is 25.1 Å². The molecule has 3 N–H and O–H groups in total. The van der Waals surface area contributed by atoms with Gasteiger partial charge in [-0.15, -0.1) is 5.10 Å². The minimum Gasteiger partial charge on any atom is -0.486 e. The van der Waals surface area contributed by atoms with E-state index in [0.29, 0.717) is 11.6 Å². The lowest BCUT2D eigenvalue weighted by Gasteiger charge is -2.22. The molecule has 0 spiro atoms. The molecule has 3 aromatic rings. The summed E-state index contributed by atoms with van der Waals surface area (Å²) in [5.74, 6) is -0.531. The molecule has 0 radical (unpaired) electrons. The van der Waals surface area contributed by atoms with Crippen LogP contribution in [0.5, 0.6) is 5.75 Å². The molecule has 2 atom stereocenters. The van der Waals surface area contributed by atoms with Gasteiger partial charge in [0.2, 0.25) is 5.95 Å². The summed E-state index contributed by atoms with van der Waals surface area (Å²) in [6, 6.07) is 8.88. The standard InChI is InChI=1S/C18H18FN5O3/c1-10-12-4-2-3-5-13(12)27-11(9-25)8-20-18(26)15-16(19)23-24-7-6-14(21-10)22-17(15)24/h2-7,10-11,25H,8-9H2,1H3,(H,20,26)(H,21,22). The molecular weight excluding hydrogens is 353 g/mol. The monoisotopic (exact) mass is 371 g/mol. The van der Waals surface area contributed by atoms with Crippen molar-refractivity contribution in [3.8, 4) is 5.75 Å². The number of nitrogens with zero attached hydrogens (tertiary/aromatic N) is 3. The molecule has 3 heterocycles.